The second-order valence-electron chi connectivity index (χ2n) is 10.6. The van der Waals surface area contributed by atoms with E-state index in [1.54, 1.807) is 18.3 Å². The summed E-state index contributed by atoms with van der Waals surface area (Å²) in [5.74, 6) is 0.524. The summed E-state index contributed by atoms with van der Waals surface area (Å²) in [5, 5.41) is 9.65. The van der Waals surface area contributed by atoms with Crippen molar-refractivity contribution in [3.63, 3.8) is 0 Å². The molecule has 3 aromatic carbocycles. The molecule has 6 rings (SSSR count). The van der Waals surface area contributed by atoms with Gasteiger partial charge in [-0.1, -0.05) is 24.3 Å². The predicted octanol–water partition coefficient (Wildman–Crippen LogP) is 5.16. The molecule has 1 saturated heterocycles. The highest BCUT2D eigenvalue weighted by Gasteiger charge is 2.36. The van der Waals surface area contributed by atoms with Crippen molar-refractivity contribution in [3.8, 4) is 0 Å². The number of hydrogen-bond acceptors (Lipinski definition) is 7. The van der Waals surface area contributed by atoms with Crippen molar-refractivity contribution in [3.05, 3.63) is 96.4 Å². The third-order valence-corrected chi connectivity index (χ3v) is 7.60. The van der Waals surface area contributed by atoms with Crippen LogP contribution in [0.3, 0.4) is 0 Å². The van der Waals surface area contributed by atoms with Crippen molar-refractivity contribution in [2.45, 2.75) is 19.3 Å². The van der Waals surface area contributed by atoms with Crippen LogP contribution in [-0.4, -0.2) is 52.9 Å². The van der Waals surface area contributed by atoms with Gasteiger partial charge in [-0.2, -0.15) is 0 Å². The molecule has 1 fully saturated rings. The second-order valence-corrected chi connectivity index (χ2v) is 10.6. The van der Waals surface area contributed by atoms with Crippen molar-refractivity contribution in [1.29, 1.82) is 0 Å². The van der Waals surface area contributed by atoms with Gasteiger partial charge in [-0.15, -0.1) is 0 Å². The number of amides is 2. The summed E-state index contributed by atoms with van der Waals surface area (Å²) in [4.78, 5) is 39.3. The van der Waals surface area contributed by atoms with E-state index in [9.17, 15) is 9.59 Å². The maximum Gasteiger partial charge on any atom is 0.257 e. The number of nitrogens with one attached hydrogen (secondary N) is 3. The average Bonchev–Trinajstić information content (AvgIpc) is 3.12. The van der Waals surface area contributed by atoms with Gasteiger partial charge in [0, 0.05) is 43.8 Å². The van der Waals surface area contributed by atoms with Gasteiger partial charge in [0.25, 0.3) is 5.91 Å². The molecule has 9 heteroatoms. The fraction of sp³-hybridized carbons (Fsp3) is 0.226. The molecule has 0 spiro atoms. The lowest BCUT2D eigenvalue weighted by Crippen LogP contribution is -2.53. The summed E-state index contributed by atoms with van der Waals surface area (Å²) in [6, 6.07) is 23.4. The quantitative estimate of drug-likeness (QED) is 0.326. The van der Waals surface area contributed by atoms with Gasteiger partial charge in [-0.05, 0) is 67.9 Å². The highest BCUT2D eigenvalue weighted by atomic mass is 16.2. The fourth-order valence-corrected chi connectivity index (χ4v) is 5.24. The average molecular weight is 534 g/mol. The van der Waals surface area contributed by atoms with Crippen molar-refractivity contribution >= 4 is 46.1 Å². The van der Waals surface area contributed by atoms with E-state index in [4.69, 9.17) is 0 Å². The highest BCUT2D eigenvalue weighted by Crippen LogP contribution is 2.37. The van der Waals surface area contributed by atoms with Gasteiger partial charge >= 0.3 is 0 Å². The van der Waals surface area contributed by atoms with E-state index in [0.29, 0.717) is 35.8 Å². The number of carbonyl (C=O) groups is 2. The molecule has 4 aromatic rings. The van der Waals surface area contributed by atoms with Crippen LogP contribution in [0.25, 0.3) is 0 Å². The third kappa shape index (κ3) is 4.93. The first-order valence-corrected chi connectivity index (χ1v) is 13.4. The Morgan fingerprint density at radius 1 is 0.875 bits per heavy atom. The van der Waals surface area contributed by atoms with Gasteiger partial charge in [0.2, 0.25) is 5.91 Å². The molecule has 202 valence electrons. The van der Waals surface area contributed by atoms with Gasteiger partial charge in [0.15, 0.2) is 0 Å². The minimum Gasteiger partial charge on any atom is -0.368 e. The number of hydrogen-bond donors (Lipinski definition) is 3. The lowest BCUT2D eigenvalue weighted by Gasteiger charge is -2.39. The molecule has 1 aromatic heterocycles. The molecule has 0 saturated carbocycles. The zero-order chi connectivity index (χ0) is 27.7. The van der Waals surface area contributed by atoms with Crippen molar-refractivity contribution in [2.75, 3.05) is 47.0 Å². The zero-order valence-corrected chi connectivity index (χ0v) is 22.5. The Morgan fingerprint density at radius 3 is 2.42 bits per heavy atom. The van der Waals surface area contributed by atoms with Crippen LogP contribution in [0.1, 0.15) is 29.8 Å². The number of nitrogens with zero attached hydrogens (tertiary/aromatic N) is 4. The van der Waals surface area contributed by atoms with Gasteiger partial charge in [0.1, 0.15) is 12.1 Å². The molecule has 0 aliphatic carbocycles. The fourth-order valence-electron chi connectivity index (χ4n) is 5.24. The lowest BCUT2D eigenvalue weighted by atomic mass is 9.82. The van der Waals surface area contributed by atoms with Crippen LogP contribution in [0.15, 0.2) is 85.3 Å². The van der Waals surface area contributed by atoms with Crippen LogP contribution < -0.4 is 20.9 Å². The Labute approximate surface area is 233 Å². The Kier molecular flexibility index (Phi) is 6.55. The first-order chi connectivity index (χ1) is 19.4. The Hall–Kier alpha value is -4.92. The first kappa shape index (κ1) is 25.4. The van der Waals surface area contributed by atoms with Gasteiger partial charge < -0.3 is 25.8 Å². The van der Waals surface area contributed by atoms with Crippen molar-refractivity contribution < 1.29 is 9.59 Å². The Morgan fingerprint density at radius 2 is 1.68 bits per heavy atom. The monoisotopic (exact) mass is 533 g/mol. The summed E-state index contributed by atoms with van der Waals surface area (Å²) < 4.78 is 0. The van der Waals surface area contributed by atoms with E-state index in [0.717, 1.165) is 30.0 Å². The maximum atomic E-state index is 13.7. The van der Waals surface area contributed by atoms with Gasteiger partial charge in [0.05, 0.1) is 28.0 Å². The molecule has 2 aliphatic heterocycles. The van der Waals surface area contributed by atoms with Crippen LogP contribution >= 0.6 is 0 Å². The van der Waals surface area contributed by atoms with Crippen LogP contribution in [0.4, 0.5) is 34.3 Å². The Balaban J connectivity index is 1.19. The van der Waals surface area contributed by atoms with E-state index < -0.39 is 5.41 Å². The van der Waals surface area contributed by atoms with E-state index in [1.165, 1.54) is 12.0 Å². The zero-order valence-electron chi connectivity index (χ0n) is 22.5. The maximum absolute atomic E-state index is 13.7. The number of para-hydroxylation sites is 1. The topological polar surface area (TPSA) is 102 Å². The second kappa shape index (κ2) is 10.3. The molecule has 40 heavy (non-hydrogen) atoms. The molecule has 2 amide bonds. The highest BCUT2D eigenvalue weighted by molar-refractivity contribution is 6.12. The van der Waals surface area contributed by atoms with E-state index in [-0.39, 0.29) is 11.8 Å². The molecular formula is C31H31N7O2. The molecule has 9 nitrogen and oxygen atoms in total. The first-order valence-electron chi connectivity index (χ1n) is 13.4. The normalized spacial score (nSPS) is 14.8. The molecule has 2 aliphatic rings. The number of piperazine rings is 1. The summed E-state index contributed by atoms with van der Waals surface area (Å²) in [5.41, 5.74) is 4.65. The SMILES string of the molecule is CC(C)(C(=O)N1CCN(c2ccccc2)CC1)c1ccc2c(c1)NC(=O)c1ccc(Nc3ccncn3)cc1N2. The Bertz CT molecular complexity index is 1550. The summed E-state index contributed by atoms with van der Waals surface area (Å²) >= 11 is 0. The smallest absolute Gasteiger partial charge is 0.257 e. The van der Waals surface area contributed by atoms with E-state index in [2.05, 4.69) is 43.0 Å². The minimum absolute atomic E-state index is 0.0804. The van der Waals surface area contributed by atoms with Gasteiger partial charge in [-0.25, -0.2) is 9.97 Å². The van der Waals surface area contributed by atoms with Crippen LogP contribution in [0.5, 0.6) is 0 Å². The molecule has 3 N–H and O–H groups in total. The van der Waals surface area contributed by atoms with Gasteiger partial charge in [-0.3, -0.25) is 9.59 Å². The molecular weight excluding hydrogens is 502 g/mol. The summed E-state index contributed by atoms with van der Waals surface area (Å²) in [6.45, 7) is 6.83. The summed E-state index contributed by atoms with van der Waals surface area (Å²) in [7, 11) is 0. The van der Waals surface area contributed by atoms with E-state index in [1.807, 2.05) is 67.3 Å². The van der Waals surface area contributed by atoms with E-state index >= 15 is 0 Å². The molecule has 3 heterocycles. The number of benzene rings is 3. The number of rotatable bonds is 5. The molecule has 0 radical (unpaired) electrons. The molecule has 0 atom stereocenters. The van der Waals surface area contributed by atoms with Crippen molar-refractivity contribution in [1.82, 2.24) is 14.9 Å². The van der Waals surface area contributed by atoms with Crippen LogP contribution in [0.2, 0.25) is 0 Å². The number of carbonyl (C=O) groups excluding carboxylic acids is 2. The van der Waals surface area contributed by atoms with Crippen LogP contribution in [0, 0.1) is 0 Å². The largest absolute Gasteiger partial charge is 0.368 e. The summed E-state index contributed by atoms with van der Waals surface area (Å²) in [6.07, 6.45) is 3.14. The number of anilines is 6. The minimum atomic E-state index is -0.761. The van der Waals surface area contributed by atoms with Crippen molar-refractivity contribution in [2.24, 2.45) is 0 Å². The molecule has 0 bridgehead atoms. The predicted molar refractivity (Wildman–Crippen MR) is 158 cm³/mol. The standard InChI is InChI=1S/C31H31N7O2/c1-31(2,30(40)38-16-14-37(15-17-38)23-6-4-3-5-7-23)21-8-11-25-27(18-21)36-29(39)24-10-9-22(19-26(24)35-25)34-28-12-13-32-20-33-28/h3-13,18-20,35H,14-17H2,1-2H3,(H,36,39)(H,32,33,34). The number of aromatic nitrogens is 2. The third-order valence-electron chi connectivity index (χ3n) is 7.60. The van der Waals surface area contributed by atoms with Crippen LogP contribution in [-0.2, 0) is 10.2 Å². The lowest BCUT2D eigenvalue weighted by molar-refractivity contribution is -0.136. The molecule has 0 unspecified atom stereocenters. The number of fused-ring (bicyclic) bond motifs is 2.